The Labute approximate surface area is 107 Å². The number of hydrogen-bond donors (Lipinski definition) is 2. The van der Waals surface area contributed by atoms with Crippen LogP contribution in [-0.4, -0.2) is 25.6 Å². The van der Waals surface area contributed by atoms with Gasteiger partial charge in [-0.25, -0.2) is 0 Å². The molecule has 2 heterocycles. The van der Waals surface area contributed by atoms with Gasteiger partial charge in [0, 0.05) is 18.4 Å². The highest BCUT2D eigenvalue weighted by atomic mass is 16.5. The lowest BCUT2D eigenvalue weighted by molar-refractivity contribution is -0.117. The van der Waals surface area contributed by atoms with Gasteiger partial charge in [-0.3, -0.25) is 4.79 Å². The fourth-order valence-electron chi connectivity index (χ4n) is 3.08. The molecule has 3 rings (SSSR count). The first-order chi connectivity index (χ1) is 8.79. The molecule has 96 valence electrons. The zero-order valence-corrected chi connectivity index (χ0v) is 10.5. The molecule has 4 heteroatoms. The van der Waals surface area contributed by atoms with E-state index in [1.165, 1.54) is 12.0 Å². The minimum absolute atomic E-state index is 0.0886. The summed E-state index contributed by atoms with van der Waals surface area (Å²) >= 11 is 0. The third-order valence-corrected chi connectivity index (χ3v) is 3.93. The lowest BCUT2D eigenvalue weighted by atomic mass is 9.84. The molecule has 0 aromatic heterocycles. The van der Waals surface area contributed by atoms with Crippen molar-refractivity contribution in [2.75, 3.05) is 19.0 Å². The Balaban J connectivity index is 2.01. The quantitative estimate of drug-likeness (QED) is 0.837. The topological polar surface area (TPSA) is 50.4 Å². The molecule has 18 heavy (non-hydrogen) atoms. The van der Waals surface area contributed by atoms with Crippen LogP contribution in [0.5, 0.6) is 5.75 Å². The summed E-state index contributed by atoms with van der Waals surface area (Å²) in [5, 5.41) is 6.45. The number of anilines is 1. The number of hydrogen-bond acceptors (Lipinski definition) is 3. The van der Waals surface area contributed by atoms with Crippen LogP contribution in [0.2, 0.25) is 0 Å². The van der Waals surface area contributed by atoms with Crippen LogP contribution in [0.1, 0.15) is 30.7 Å². The number of ether oxygens (including phenoxy) is 1. The van der Waals surface area contributed by atoms with Gasteiger partial charge < -0.3 is 15.4 Å². The number of benzene rings is 1. The molecule has 0 bridgehead atoms. The van der Waals surface area contributed by atoms with Crippen molar-refractivity contribution >= 4 is 11.6 Å². The van der Waals surface area contributed by atoms with Gasteiger partial charge in [0.15, 0.2) is 0 Å². The first kappa shape index (κ1) is 11.5. The molecule has 0 spiro atoms. The molecule has 2 aliphatic rings. The van der Waals surface area contributed by atoms with Crippen LogP contribution in [0, 0.1) is 0 Å². The van der Waals surface area contributed by atoms with Gasteiger partial charge in [0.25, 0.3) is 0 Å². The summed E-state index contributed by atoms with van der Waals surface area (Å²) in [4.78, 5) is 11.9. The SMILES string of the molecule is COc1cccc2c1NC(=O)CC2C1CCCN1. The lowest BCUT2D eigenvalue weighted by Crippen LogP contribution is -2.35. The second-order valence-electron chi connectivity index (χ2n) is 4.99. The van der Waals surface area contributed by atoms with Crippen LogP contribution >= 0.6 is 0 Å². The van der Waals surface area contributed by atoms with E-state index < -0.39 is 0 Å². The number of methoxy groups -OCH3 is 1. The Kier molecular flexibility index (Phi) is 2.96. The van der Waals surface area contributed by atoms with Crippen molar-refractivity contribution in [3.63, 3.8) is 0 Å². The normalized spacial score (nSPS) is 26.6. The summed E-state index contributed by atoms with van der Waals surface area (Å²) in [7, 11) is 1.64. The third-order valence-electron chi connectivity index (χ3n) is 3.93. The van der Waals surface area contributed by atoms with Gasteiger partial charge in [0.2, 0.25) is 5.91 Å². The molecule has 1 fully saturated rings. The van der Waals surface area contributed by atoms with Gasteiger partial charge in [-0.15, -0.1) is 0 Å². The molecule has 1 aromatic carbocycles. The highest BCUT2D eigenvalue weighted by molar-refractivity contribution is 5.96. The molecule has 1 aromatic rings. The lowest BCUT2D eigenvalue weighted by Gasteiger charge is -2.30. The van der Waals surface area contributed by atoms with E-state index in [1.807, 2.05) is 12.1 Å². The van der Waals surface area contributed by atoms with Crippen LogP contribution in [0.3, 0.4) is 0 Å². The van der Waals surface area contributed by atoms with Crippen molar-refractivity contribution in [1.82, 2.24) is 5.32 Å². The van der Waals surface area contributed by atoms with E-state index in [0.29, 0.717) is 12.5 Å². The fraction of sp³-hybridized carbons (Fsp3) is 0.500. The predicted molar refractivity (Wildman–Crippen MR) is 70.0 cm³/mol. The average molecular weight is 246 g/mol. The highest BCUT2D eigenvalue weighted by Crippen LogP contribution is 2.41. The first-order valence-corrected chi connectivity index (χ1v) is 6.49. The smallest absolute Gasteiger partial charge is 0.225 e. The van der Waals surface area contributed by atoms with Crippen LogP contribution in [0.25, 0.3) is 0 Å². The number of amides is 1. The van der Waals surface area contributed by atoms with Gasteiger partial charge >= 0.3 is 0 Å². The van der Waals surface area contributed by atoms with E-state index in [1.54, 1.807) is 7.11 Å². The summed E-state index contributed by atoms with van der Waals surface area (Å²) in [5.74, 6) is 1.11. The highest BCUT2D eigenvalue weighted by Gasteiger charge is 2.34. The average Bonchev–Trinajstić information content (AvgIpc) is 2.90. The van der Waals surface area contributed by atoms with E-state index in [0.717, 1.165) is 24.4 Å². The van der Waals surface area contributed by atoms with Crippen LogP contribution in [-0.2, 0) is 4.79 Å². The Morgan fingerprint density at radius 1 is 1.39 bits per heavy atom. The van der Waals surface area contributed by atoms with E-state index in [9.17, 15) is 4.79 Å². The molecule has 0 radical (unpaired) electrons. The number of para-hydroxylation sites is 1. The Hall–Kier alpha value is -1.55. The van der Waals surface area contributed by atoms with Crippen LogP contribution < -0.4 is 15.4 Å². The molecular weight excluding hydrogens is 228 g/mol. The van der Waals surface area contributed by atoms with E-state index in [4.69, 9.17) is 4.74 Å². The van der Waals surface area contributed by atoms with Crippen molar-refractivity contribution in [2.24, 2.45) is 0 Å². The summed E-state index contributed by atoms with van der Waals surface area (Å²) in [6, 6.07) is 6.41. The van der Waals surface area contributed by atoms with Crippen molar-refractivity contribution in [3.8, 4) is 5.75 Å². The molecule has 2 atom stereocenters. The fourth-order valence-corrected chi connectivity index (χ4v) is 3.08. The Morgan fingerprint density at radius 2 is 2.28 bits per heavy atom. The largest absolute Gasteiger partial charge is 0.495 e. The van der Waals surface area contributed by atoms with Crippen LogP contribution in [0.4, 0.5) is 5.69 Å². The second-order valence-corrected chi connectivity index (χ2v) is 4.99. The maximum Gasteiger partial charge on any atom is 0.225 e. The molecule has 2 N–H and O–H groups in total. The van der Waals surface area contributed by atoms with E-state index in [-0.39, 0.29) is 11.8 Å². The van der Waals surface area contributed by atoms with Gasteiger partial charge in [-0.2, -0.15) is 0 Å². The standard InChI is InChI=1S/C14H18N2O2/c1-18-12-6-2-4-9-10(11-5-3-7-15-11)8-13(17)16-14(9)12/h2,4,6,10-11,15H,3,5,7-8H2,1H3,(H,16,17). The number of carbonyl (C=O) groups excluding carboxylic acids is 1. The van der Waals surface area contributed by atoms with Gasteiger partial charge in [-0.05, 0) is 31.0 Å². The monoisotopic (exact) mass is 246 g/mol. The van der Waals surface area contributed by atoms with Crippen molar-refractivity contribution in [2.45, 2.75) is 31.2 Å². The predicted octanol–water partition coefficient (Wildman–Crippen LogP) is 1.87. The van der Waals surface area contributed by atoms with Gasteiger partial charge in [0.1, 0.15) is 5.75 Å². The maximum atomic E-state index is 11.9. The molecule has 4 nitrogen and oxygen atoms in total. The summed E-state index contributed by atoms with van der Waals surface area (Å²) in [6.45, 7) is 1.06. The molecule has 0 saturated carbocycles. The Morgan fingerprint density at radius 3 is 3.00 bits per heavy atom. The molecule has 1 saturated heterocycles. The van der Waals surface area contributed by atoms with Gasteiger partial charge in [0.05, 0.1) is 12.8 Å². The summed E-state index contributed by atoms with van der Waals surface area (Å²) < 4.78 is 5.34. The van der Waals surface area contributed by atoms with Crippen molar-refractivity contribution in [1.29, 1.82) is 0 Å². The molecule has 2 unspecified atom stereocenters. The number of fused-ring (bicyclic) bond motifs is 1. The molecular formula is C14H18N2O2. The summed E-state index contributed by atoms with van der Waals surface area (Å²) in [5.41, 5.74) is 2.06. The van der Waals surface area contributed by atoms with E-state index in [2.05, 4.69) is 16.7 Å². The number of nitrogens with one attached hydrogen (secondary N) is 2. The van der Waals surface area contributed by atoms with Crippen molar-refractivity contribution < 1.29 is 9.53 Å². The van der Waals surface area contributed by atoms with Gasteiger partial charge in [-0.1, -0.05) is 12.1 Å². The number of carbonyl (C=O) groups is 1. The first-order valence-electron chi connectivity index (χ1n) is 6.49. The third kappa shape index (κ3) is 1.86. The van der Waals surface area contributed by atoms with Crippen LogP contribution in [0.15, 0.2) is 18.2 Å². The molecule has 0 aliphatic carbocycles. The second kappa shape index (κ2) is 4.61. The van der Waals surface area contributed by atoms with E-state index >= 15 is 0 Å². The zero-order valence-electron chi connectivity index (χ0n) is 10.5. The Bertz CT molecular complexity index is 467. The maximum absolute atomic E-state index is 11.9. The minimum atomic E-state index is 0.0886. The number of rotatable bonds is 2. The summed E-state index contributed by atoms with van der Waals surface area (Å²) in [6.07, 6.45) is 2.91. The molecule has 1 amide bonds. The minimum Gasteiger partial charge on any atom is -0.495 e. The molecule has 2 aliphatic heterocycles. The zero-order chi connectivity index (χ0) is 12.5. The van der Waals surface area contributed by atoms with Crippen molar-refractivity contribution in [3.05, 3.63) is 23.8 Å².